The van der Waals surface area contributed by atoms with Gasteiger partial charge in [0.25, 0.3) is 11.5 Å². The number of amides is 1. The van der Waals surface area contributed by atoms with Crippen LogP contribution in [0.2, 0.25) is 0 Å². The molecule has 38 heavy (non-hydrogen) atoms. The first-order valence-corrected chi connectivity index (χ1v) is 13.4. The highest BCUT2D eigenvalue weighted by Crippen LogP contribution is 2.37. The summed E-state index contributed by atoms with van der Waals surface area (Å²) in [5, 5.41) is 21.8. The summed E-state index contributed by atoms with van der Waals surface area (Å²) in [6.45, 7) is 2.89. The molecule has 200 valence electrons. The van der Waals surface area contributed by atoms with E-state index in [-0.39, 0.29) is 22.8 Å². The predicted molar refractivity (Wildman–Crippen MR) is 154 cm³/mol. The Bertz CT molecular complexity index is 1490. The number of phenols is 1. The summed E-state index contributed by atoms with van der Waals surface area (Å²) in [5.74, 6) is -0.283. The van der Waals surface area contributed by atoms with Crippen LogP contribution in [0.25, 0.3) is 20.9 Å². The molecule has 0 aliphatic heterocycles. The van der Waals surface area contributed by atoms with Gasteiger partial charge in [-0.1, -0.05) is 35.8 Å². The third-order valence-electron chi connectivity index (χ3n) is 6.31. The van der Waals surface area contributed by atoms with E-state index in [1.807, 2.05) is 57.4 Å². The molecule has 1 amide bonds. The van der Waals surface area contributed by atoms with Gasteiger partial charge < -0.3 is 19.8 Å². The van der Waals surface area contributed by atoms with Gasteiger partial charge in [0.2, 0.25) is 0 Å². The van der Waals surface area contributed by atoms with Crippen LogP contribution in [-0.4, -0.2) is 84.5 Å². The Kier molecular flexibility index (Phi) is 8.88. The van der Waals surface area contributed by atoms with Crippen LogP contribution in [0, 0.1) is 0 Å². The Morgan fingerprint density at radius 1 is 0.868 bits per heavy atom. The van der Waals surface area contributed by atoms with Crippen LogP contribution in [0.15, 0.2) is 63.6 Å². The molecule has 0 spiro atoms. The van der Waals surface area contributed by atoms with E-state index in [4.69, 9.17) is 0 Å². The fourth-order valence-electron chi connectivity index (χ4n) is 4.34. The average molecular weight is 535 g/mol. The van der Waals surface area contributed by atoms with Crippen molar-refractivity contribution in [2.24, 2.45) is 10.2 Å². The minimum absolute atomic E-state index is 0.0546. The monoisotopic (exact) mass is 534 g/mol. The number of carbonyl (C=O) groups excluding carboxylic acids is 1. The second kappa shape index (κ2) is 12.3. The maximum Gasteiger partial charge on any atom is 0.265 e. The van der Waals surface area contributed by atoms with Crippen molar-refractivity contribution in [3.8, 4) is 5.75 Å². The Labute approximate surface area is 226 Å². The normalized spacial score (nSPS) is 11.9. The van der Waals surface area contributed by atoms with Gasteiger partial charge in [0.15, 0.2) is 0 Å². The van der Waals surface area contributed by atoms with Crippen molar-refractivity contribution in [1.29, 1.82) is 0 Å². The van der Waals surface area contributed by atoms with Crippen LogP contribution in [0.3, 0.4) is 0 Å². The zero-order valence-corrected chi connectivity index (χ0v) is 23.1. The number of hydrogen-bond acceptors (Lipinski definition) is 8. The van der Waals surface area contributed by atoms with Gasteiger partial charge in [0.05, 0.1) is 27.0 Å². The number of H-pyrrole nitrogens is 1. The summed E-state index contributed by atoms with van der Waals surface area (Å²) in [6.07, 6.45) is 1.65. The number of nitrogens with one attached hydrogen (secondary N) is 1. The first kappa shape index (κ1) is 27.4. The van der Waals surface area contributed by atoms with Crippen molar-refractivity contribution in [1.82, 2.24) is 19.1 Å². The van der Waals surface area contributed by atoms with Crippen molar-refractivity contribution in [2.75, 3.05) is 54.4 Å². The van der Waals surface area contributed by atoms with Crippen LogP contribution in [0.1, 0.15) is 23.2 Å². The number of aromatic nitrogens is 1. The summed E-state index contributed by atoms with van der Waals surface area (Å²) < 4.78 is 3.57. The molecule has 0 radical (unpaired) electrons. The molecular weight excluding hydrogens is 500 g/mol. The van der Waals surface area contributed by atoms with Crippen molar-refractivity contribution < 1.29 is 9.90 Å². The highest BCUT2D eigenvalue weighted by molar-refractivity contribution is 7.13. The fourth-order valence-corrected chi connectivity index (χ4v) is 5.05. The number of aromatic hydroxyl groups is 1. The molecule has 0 fully saturated rings. The largest absolute Gasteiger partial charge is 0.506 e. The number of azo groups is 1. The van der Waals surface area contributed by atoms with E-state index in [2.05, 4.69) is 24.4 Å². The fraction of sp³-hybridized carbons (Fsp3) is 0.357. The van der Waals surface area contributed by atoms with Gasteiger partial charge in [0, 0.05) is 23.9 Å². The van der Waals surface area contributed by atoms with Crippen LogP contribution in [-0.2, 0) is 0 Å². The van der Waals surface area contributed by atoms with E-state index >= 15 is 0 Å². The van der Waals surface area contributed by atoms with Gasteiger partial charge in [0.1, 0.15) is 5.75 Å². The van der Waals surface area contributed by atoms with Crippen molar-refractivity contribution in [3.63, 3.8) is 0 Å². The van der Waals surface area contributed by atoms with Gasteiger partial charge in [-0.25, -0.2) is 0 Å². The second-order valence-electron chi connectivity index (χ2n) is 9.86. The van der Waals surface area contributed by atoms with Gasteiger partial charge in [-0.05, 0) is 78.4 Å². The third-order valence-corrected chi connectivity index (χ3v) is 7.18. The van der Waals surface area contributed by atoms with Crippen molar-refractivity contribution in [3.05, 3.63) is 64.4 Å². The van der Waals surface area contributed by atoms with Crippen LogP contribution < -0.4 is 5.56 Å². The van der Waals surface area contributed by atoms with E-state index in [1.165, 1.54) is 11.5 Å². The summed E-state index contributed by atoms with van der Waals surface area (Å²) in [7, 11) is 8.04. The molecule has 10 heteroatoms. The lowest BCUT2D eigenvalue weighted by Crippen LogP contribution is -2.35. The smallest absolute Gasteiger partial charge is 0.265 e. The van der Waals surface area contributed by atoms with Gasteiger partial charge in [-0.15, -0.1) is 5.11 Å². The molecule has 0 saturated heterocycles. The highest BCUT2D eigenvalue weighted by Gasteiger charge is 2.22. The molecule has 0 unspecified atom stereocenters. The number of fused-ring (bicyclic) bond motifs is 2. The van der Waals surface area contributed by atoms with Crippen LogP contribution >= 0.6 is 11.5 Å². The quantitative estimate of drug-likeness (QED) is 0.257. The number of nitrogens with zero attached hydrogens (tertiary/aromatic N) is 5. The van der Waals surface area contributed by atoms with E-state index in [1.54, 1.807) is 24.3 Å². The molecule has 1 heterocycles. The molecule has 4 rings (SSSR count). The number of aromatic amines is 1. The lowest BCUT2D eigenvalue weighted by molar-refractivity contribution is 0.0742. The third kappa shape index (κ3) is 6.45. The minimum atomic E-state index is -0.228. The van der Waals surface area contributed by atoms with E-state index < -0.39 is 0 Å². The zero-order chi connectivity index (χ0) is 27.2. The Morgan fingerprint density at radius 3 is 2.18 bits per heavy atom. The van der Waals surface area contributed by atoms with Crippen LogP contribution in [0.5, 0.6) is 5.75 Å². The molecule has 1 aromatic heterocycles. The van der Waals surface area contributed by atoms with E-state index in [9.17, 15) is 14.7 Å². The minimum Gasteiger partial charge on any atom is -0.506 e. The first-order valence-electron chi connectivity index (χ1n) is 12.6. The van der Waals surface area contributed by atoms with E-state index in [0.29, 0.717) is 40.6 Å². The van der Waals surface area contributed by atoms with Crippen LogP contribution in [0.4, 0.5) is 11.4 Å². The summed E-state index contributed by atoms with van der Waals surface area (Å²) in [5.41, 5.74) is 1.05. The SMILES string of the molecule is CN(C)CCCN(CCCN(C)C)C(=O)c1cc(N=Nc2ccc3s[nH]c(=O)c3c2)c2ccccc2c1O. The molecule has 3 aromatic carbocycles. The Hall–Kier alpha value is -3.60. The first-order chi connectivity index (χ1) is 18.2. The number of carbonyl (C=O) groups is 1. The lowest BCUT2D eigenvalue weighted by Gasteiger charge is -2.25. The number of hydrogen-bond donors (Lipinski definition) is 2. The molecule has 2 N–H and O–H groups in total. The predicted octanol–water partition coefficient (Wildman–Crippen LogP) is 5.21. The maximum absolute atomic E-state index is 13.8. The molecule has 0 bridgehead atoms. The lowest BCUT2D eigenvalue weighted by atomic mass is 10.0. The molecule has 9 nitrogen and oxygen atoms in total. The summed E-state index contributed by atoms with van der Waals surface area (Å²) in [4.78, 5) is 31.8. The highest BCUT2D eigenvalue weighted by atomic mass is 32.1. The molecular formula is C28H34N6O3S. The second-order valence-corrected chi connectivity index (χ2v) is 10.7. The molecule has 0 saturated carbocycles. The standard InChI is InChI=1S/C28H34N6O3S/c1-32(2)13-7-15-34(16-8-14-33(3)4)28(37)23-18-24(20-9-5-6-10-21(20)26(23)35)30-29-19-11-12-25-22(17-19)27(36)31-38-25/h5-6,9-12,17-18,35H,7-8,13-16H2,1-4H3,(H,31,36). The number of phenolic OH excluding ortho intramolecular Hbond substituents is 1. The topological polar surface area (TPSA) is 105 Å². The Balaban J connectivity index is 1.70. The molecule has 0 aliphatic rings. The molecule has 4 aromatic rings. The van der Waals surface area contributed by atoms with Gasteiger partial charge >= 0.3 is 0 Å². The van der Waals surface area contributed by atoms with Crippen molar-refractivity contribution >= 4 is 49.7 Å². The van der Waals surface area contributed by atoms with Gasteiger partial charge in [-0.2, -0.15) is 5.11 Å². The van der Waals surface area contributed by atoms with Crippen molar-refractivity contribution in [2.45, 2.75) is 12.8 Å². The van der Waals surface area contributed by atoms with Gasteiger partial charge in [-0.3, -0.25) is 14.0 Å². The molecule has 0 aliphatic carbocycles. The Morgan fingerprint density at radius 2 is 1.53 bits per heavy atom. The summed E-state index contributed by atoms with van der Waals surface area (Å²) >= 11 is 1.28. The maximum atomic E-state index is 13.8. The summed E-state index contributed by atoms with van der Waals surface area (Å²) in [6, 6.07) is 14.2. The molecule has 0 atom stereocenters. The average Bonchev–Trinajstić information content (AvgIpc) is 3.26. The van der Waals surface area contributed by atoms with E-state index in [0.717, 1.165) is 30.6 Å². The number of rotatable bonds is 11. The zero-order valence-electron chi connectivity index (χ0n) is 22.3. The number of benzene rings is 3.